The second-order valence-corrected chi connectivity index (χ2v) is 4.16. The molecule has 0 bridgehead atoms. The van der Waals surface area contributed by atoms with E-state index < -0.39 is 0 Å². The number of hydrogen-bond donors (Lipinski definition) is 1. The summed E-state index contributed by atoms with van der Waals surface area (Å²) in [6, 6.07) is 0.612. The third-order valence-electron chi connectivity index (χ3n) is 3.24. The van der Waals surface area contributed by atoms with Crippen LogP contribution in [-0.4, -0.2) is 20.8 Å². The zero-order valence-corrected chi connectivity index (χ0v) is 8.90. The van der Waals surface area contributed by atoms with E-state index in [1.165, 1.54) is 19.3 Å². The molecule has 1 aliphatic carbocycles. The first-order valence-corrected chi connectivity index (χ1v) is 5.33. The van der Waals surface area contributed by atoms with Gasteiger partial charge in [-0.1, -0.05) is 6.42 Å². The summed E-state index contributed by atoms with van der Waals surface area (Å²) in [7, 11) is 1.93. The van der Waals surface area contributed by atoms with E-state index in [4.69, 9.17) is 0 Å². The van der Waals surface area contributed by atoms with Gasteiger partial charge in [0.15, 0.2) is 0 Å². The maximum Gasteiger partial charge on any atom is 0.140 e. The van der Waals surface area contributed by atoms with E-state index >= 15 is 0 Å². The Morgan fingerprint density at radius 3 is 2.93 bits per heavy atom. The van der Waals surface area contributed by atoms with Crippen molar-refractivity contribution in [3.05, 3.63) is 12.2 Å². The highest BCUT2D eigenvalue weighted by Crippen LogP contribution is 2.29. The van der Waals surface area contributed by atoms with Crippen LogP contribution in [0.15, 0.2) is 6.33 Å². The molecule has 1 fully saturated rings. The van der Waals surface area contributed by atoms with E-state index in [1.807, 2.05) is 11.7 Å². The zero-order chi connectivity index (χ0) is 9.97. The van der Waals surface area contributed by atoms with Crippen LogP contribution in [0.3, 0.4) is 0 Å². The van der Waals surface area contributed by atoms with Gasteiger partial charge in [0.2, 0.25) is 0 Å². The lowest BCUT2D eigenvalue weighted by molar-refractivity contribution is 0.238. The van der Waals surface area contributed by atoms with E-state index in [0.29, 0.717) is 6.04 Å². The first-order chi connectivity index (χ1) is 6.77. The fourth-order valence-electron chi connectivity index (χ4n) is 1.84. The molecule has 0 spiro atoms. The van der Waals surface area contributed by atoms with Crippen LogP contribution in [0.2, 0.25) is 0 Å². The summed E-state index contributed by atoms with van der Waals surface area (Å²) in [4.78, 5) is 4.18. The molecule has 14 heavy (non-hydrogen) atoms. The second-order valence-electron chi connectivity index (χ2n) is 4.16. The number of rotatable bonds is 4. The Bertz CT molecular complexity index is 290. The van der Waals surface area contributed by atoms with Crippen molar-refractivity contribution in [1.82, 2.24) is 20.1 Å². The lowest BCUT2D eigenvalue weighted by Crippen LogP contribution is -2.37. The standard InChI is InChI=1S/C10H18N4/c1-8(9-4-3-5-9)11-6-10-12-7-13-14(10)2/h7-9,11H,3-6H2,1-2H3. The van der Waals surface area contributed by atoms with Gasteiger partial charge in [-0.2, -0.15) is 5.10 Å². The monoisotopic (exact) mass is 194 g/mol. The molecular formula is C10H18N4. The lowest BCUT2D eigenvalue weighted by atomic mass is 9.80. The molecule has 1 aromatic rings. The highest BCUT2D eigenvalue weighted by atomic mass is 15.3. The zero-order valence-electron chi connectivity index (χ0n) is 8.90. The Kier molecular flexibility index (Phi) is 2.82. The first-order valence-electron chi connectivity index (χ1n) is 5.33. The largest absolute Gasteiger partial charge is 0.307 e. The normalized spacial score (nSPS) is 19.3. The molecule has 1 unspecified atom stereocenters. The van der Waals surface area contributed by atoms with Crippen molar-refractivity contribution < 1.29 is 0 Å². The van der Waals surface area contributed by atoms with Crippen molar-refractivity contribution in [3.63, 3.8) is 0 Å². The fourth-order valence-corrected chi connectivity index (χ4v) is 1.84. The molecule has 78 valence electrons. The van der Waals surface area contributed by atoms with E-state index in [2.05, 4.69) is 22.3 Å². The van der Waals surface area contributed by atoms with E-state index in [1.54, 1.807) is 6.33 Å². The maximum atomic E-state index is 4.18. The minimum Gasteiger partial charge on any atom is -0.307 e. The first kappa shape index (κ1) is 9.65. The van der Waals surface area contributed by atoms with Gasteiger partial charge < -0.3 is 5.32 Å². The van der Waals surface area contributed by atoms with Gasteiger partial charge >= 0.3 is 0 Å². The third-order valence-corrected chi connectivity index (χ3v) is 3.24. The van der Waals surface area contributed by atoms with Crippen molar-refractivity contribution in [2.24, 2.45) is 13.0 Å². The average molecular weight is 194 g/mol. The van der Waals surface area contributed by atoms with Gasteiger partial charge in [-0.25, -0.2) is 4.98 Å². The molecular weight excluding hydrogens is 176 g/mol. The van der Waals surface area contributed by atoms with Crippen LogP contribution in [0.5, 0.6) is 0 Å². The van der Waals surface area contributed by atoms with Crippen LogP contribution in [-0.2, 0) is 13.6 Å². The minimum absolute atomic E-state index is 0.612. The Morgan fingerprint density at radius 1 is 1.64 bits per heavy atom. The van der Waals surface area contributed by atoms with Crippen molar-refractivity contribution in [3.8, 4) is 0 Å². The van der Waals surface area contributed by atoms with Gasteiger partial charge in [-0.05, 0) is 25.7 Å². The Morgan fingerprint density at radius 2 is 2.43 bits per heavy atom. The van der Waals surface area contributed by atoms with Gasteiger partial charge in [0.25, 0.3) is 0 Å². The highest BCUT2D eigenvalue weighted by Gasteiger charge is 2.23. The van der Waals surface area contributed by atoms with Crippen LogP contribution in [0.25, 0.3) is 0 Å². The van der Waals surface area contributed by atoms with Crippen molar-refractivity contribution in [2.75, 3.05) is 0 Å². The molecule has 4 nitrogen and oxygen atoms in total. The summed E-state index contributed by atoms with van der Waals surface area (Å²) in [6.45, 7) is 3.09. The molecule has 0 saturated heterocycles. The lowest BCUT2D eigenvalue weighted by Gasteiger charge is -2.31. The Hall–Kier alpha value is -0.900. The van der Waals surface area contributed by atoms with Gasteiger partial charge in [0, 0.05) is 13.1 Å². The predicted octanol–water partition coefficient (Wildman–Crippen LogP) is 1.09. The van der Waals surface area contributed by atoms with Gasteiger partial charge in [-0.3, -0.25) is 4.68 Å². The Balaban J connectivity index is 1.79. The SMILES string of the molecule is CC(NCc1ncnn1C)C1CCC1. The van der Waals surface area contributed by atoms with Crippen molar-refractivity contribution >= 4 is 0 Å². The summed E-state index contributed by atoms with van der Waals surface area (Å²) in [5.41, 5.74) is 0. The van der Waals surface area contributed by atoms with E-state index in [9.17, 15) is 0 Å². The molecule has 1 heterocycles. The van der Waals surface area contributed by atoms with Gasteiger partial charge in [-0.15, -0.1) is 0 Å². The number of nitrogens with one attached hydrogen (secondary N) is 1. The van der Waals surface area contributed by atoms with Gasteiger partial charge in [0.05, 0.1) is 6.54 Å². The predicted molar refractivity (Wildman–Crippen MR) is 54.6 cm³/mol. The number of aryl methyl sites for hydroxylation is 1. The summed E-state index contributed by atoms with van der Waals surface area (Å²) < 4.78 is 1.82. The molecule has 1 N–H and O–H groups in total. The van der Waals surface area contributed by atoms with Crippen LogP contribution in [0.4, 0.5) is 0 Å². The molecule has 0 radical (unpaired) electrons. The molecule has 1 aromatic heterocycles. The summed E-state index contributed by atoms with van der Waals surface area (Å²) in [6.07, 6.45) is 5.77. The summed E-state index contributed by atoms with van der Waals surface area (Å²) >= 11 is 0. The Labute approximate surface area is 84.7 Å². The number of aromatic nitrogens is 3. The second kappa shape index (κ2) is 4.09. The van der Waals surface area contributed by atoms with E-state index in [-0.39, 0.29) is 0 Å². The summed E-state index contributed by atoms with van der Waals surface area (Å²) in [5, 5.41) is 7.54. The molecule has 1 atom stereocenters. The molecule has 0 aliphatic heterocycles. The van der Waals surface area contributed by atoms with Crippen LogP contribution in [0.1, 0.15) is 32.0 Å². The molecule has 4 heteroatoms. The molecule has 2 rings (SSSR count). The quantitative estimate of drug-likeness (QED) is 0.780. The molecule has 0 aromatic carbocycles. The van der Waals surface area contributed by atoms with Crippen LogP contribution >= 0.6 is 0 Å². The third kappa shape index (κ3) is 1.95. The average Bonchev–Trinajstić information content (AvgIpc) is 2.44. The van der Waals surface area contributed by atoms with Crippen molar-refractivity contribution in [1.29, 1.82) is 0 Å². The molecule has 1 saturated carbocycles. The van der Waals surface area contributed by atoms with Crippen LogP contribution in [0, 0.1) is 5.92 Å². The smallest absolute Gasteiger partial charge is 0.140 e. The summed E-state index contributed by atoms with van der Waals surface area (Å²) in [5.74, 6) is 1.89. The minimum atomic E-state index is 0.612. The number of hydrogen-bond acceptors (Lipinski definition) is 3. The number of nitrogens with zero attached hydrogens (tertiary/aromatic N) is 3. The highest BCUT2D eigenvalue weighted by molar-refractivity contribution is 4.86. The van der Waals surface area contributed by atoms with Crippen molar-refractivity contribution in [2.45, 2.75) is 38.8 Å². The molecule has 0 amide bonds. The topological polar surface area (TPSA) is 42.7 Å². The van der Waals surface area contributed by atoms with Crippen LogP contribution < -0.4 is 5.32 Å². The molecule has 1 aliphatic rings. The fraction of sp³-hybridized carbons (Fsp3) is 0.800. The van der Waals surface area contributed by atoms with Gasteiger partial charge in [0.1, 0.15) is 12.2 Å². The maximum absolute atomic E-state index is 4.18. The van der Waals surface area contributed by atoms with E-state index in [0.717, 1.165) is 18.3 Å².